The fraction of sp³-hybridized carbons (Fsp3) is 0.250. The molecule has 0 aromatic heterocycles. The molecule has 0 amide bonds. The van der Waals surface area contributed by atoms with E-state index in [-0.39, 0.29) is 0 Å². The Balaban J connectivity index is 2.77. The van der Waals surface area contributed by atoms with Crippen LogP contribution in [0.25, 0.3) is 0 Å². The highest BCUT2D eigenvalue weighted by Crippen LogP contribution is 2.18. The normalized spacial score (nSPS) is 17.7. The molecule has 1 aliphatic heterocycles. The topological polar surface area (TPSA) is 28.0 Å². The Hall–Kier alpha value is -0.900. The van der Waals surface area contributed by atoms with E-state index in [1.165, 1.54) is 0 Å². The molecule has 0 bridgehead atoms. The highest BCUT2D eigenvalue weighted by Gasteiger charge is 2.06. The first-order chi connectivity index (χ1) is 5.75. The van der Waals surface area contributed by atoms with Crippen LogP contribution in [0.5, 0.6) is 0 Å². The zero-order valence-corrected chi connectivity index (χ0v) is 8.45. The van der Waals surface area contributed by atoms with Crippen LogP contribution in [0.15, 0.2) is 32.7 Å². The molecule has 0 aliphatic carbocycles. The minimum atomic E-state index is 0.768. The Morgan fingerprint density at radius 2 is 2.50 bits per heavy atom. The van der Waals surface area contributed by atoms with Crippen LogP contribution >= 0.6 is 15.9 Å². The van der Waals surface area contributed by atoms with Gasteiger partial charge in [-0.05, 0) is 29.6 Å². The van der Waals surface area contributed by atoms with E-state index in [2.05, 4.69) is 32.6 Å². The molecule has 0 atom stereocenters. The van der Waals surface area contributed by atoms with Gasteiger partial charge in [-0.2, -0.15) is 0 Å². The third kappa shape index (κ3) is 2.04. The van der Waals surface area contributed by atoms with Crippen molar-refractivity contribution in [3.8, 4) is 0 Å². The van der Waals surface area contributed by atoms with E-state index >= 15 is 0 Å². The number of allylic oxidation sites excluding steroid dienone is 1. The highest BCUT2D eigenvalue weighted by molar-refractivity contribution is 9.11. The van der Waals surface area contributed by atoms with Gasteiger partial charge in [0.1, 0.15) is 4.61 Å². The van der Waals surface area contributed by atoms with Gasteiger partial charge in [0.05, 0.1) is 12.2 Å². The molecular weight excluding hydrogens is 218 g/mol. The van der Waals surface area contributed by atoms with Crippen LogP contribution < -0.4 is 0 Å². The van der Waals surface area contributed by atoms with Crippen molar-refractivity contribution < 1.29 is 0 Å². The first-order valence-electron chi connectivity index (χ1n) is 3.53. The van der Waals surface area contributed by atoms with Crippen LogP contribution in [0.4, 0.5) is 0 Å². The molecule has 0 aromatic rings. The number of halogens is 1. The predicted molar refractivity (Wildman–Crippen MR) is 55.5 cm³/mol. The van der Waals surface area contributed by atoms with Crippen molar-refractivity contribution >= 4 is 28.9 Å². The van der Waals surface area contributed by atoms with Crippen LogP contribution in [-0.2, 0) is 0 Å². The van der Waals surface area contributed by atoms with Gasteiger partial charge in [0.25, 0.3) is 0 Å². The molecule has 64 valence electrons. The zero-order valence-electron chi connectivity index (χ0n) is 6.87. The van der Waals surface area contributed by atoms with Crippen molar-refractivity contribution in [3.05, 3.63) is 22.7 Å². The summed E-state index contributed by atoms with van der Waals surface area (Å²) in [5.74, 6) is 0. The molecule has 1 heterocycles. The van der Waals surface area contributed by atoms with Crippen LogP contribution in [0.1, 0.15) is 6.92 Å². The Kier molecular flexibility index (Phi) is 3.22. The van der Waals surface area contributed by atoms with E-state index in [0.29, 0.717) is 0 Å². The van der Waals surface area contributed by atoms with Gasteiger partial charge in [0, 0.05) is 18.6 Å². The van der Waals surface area contributed by atoms with Gasteiger partial charge >= 0.3 is 0 Å². The number of rotatable bonds is 2. The maximum Gasteiger partial charge on any atom is 0.106 e. The maximum absolute atomic E-state index is 3.96. The largest absolute Gasteiger partial charge is 0.334 e. The van der Waals surface area contributed by atoms with Crippen molar-refractivity contribution in [2.24, 2.45) is 9.98 Å². The summed E-state index contributed by atoms with van der Waals surface area (Å²) in [5, 5.41) is 0. The standard InChI is InChI=1S/C8H10BrN3/c1-7(10-2)8(9)12-5-3-11-4-6-12/h3-5H,2,6H2,1H3/b8-7-. The molecule has 0 unspecified atom stereocenters. The van der Waals surface area contributed by atoms with Crippen molar-refractivity contribution in [2.75, 3.05) is 6.54 Å². The minimum absolute atomic E-state index is 0.768. The zero-order chi connectivity index (χ0) is 8.97. The number of nitrogens with zero attached hydrogens (tertiary/aromatic N) is 3. The SMILES string of the molecule is C=N/C(C)=C(/Br)N1C=CN=CC1. The number of hydrogen-bond acceptors (Lipinski definition) is 3. The van der Waals surface area contributed by atoms with Gasteiger partial charge in [-0.1, -0.05) is 0 Å². The molecule has 0 saturated heterocycles. The molecule has 4 heteroatoms. The van der Waals surface area contributed by atoms with Crippen LogP contribution in [0.2, 0.25) is 0 Å². The maximum atomic E-state index is 3.96. The highest BCUT2D eigenvalue weighted by atomic mass is 79.9. The fourth-order valence-corrected chi connectivity index (χ4v) is 1.18. The lowest BCUT2D eigenvalue weighted by atomic mass is 10.4. The molecule has 0 spiro atoms. The van der Waals surface area contributed by atoms with Gasteiger partial charge in [-0.25, -0.2) is 0 Å². The first-order valence-corrected chi connectivity index (χ1v) is 4.33. The molecule has 1 rings (SSSR count). The molecule has 0 fully saturated rings. The molecular formula is C8H10BrN3. The van der Waals surface area contributed by atoms with E-state index in [1.807, 2.05) is 24.2 Å². The first kappa shape index (κ1) is 9.19. The van der Waals surface area contributed by atoms with E-state index in [1.54, 1.807) is 6.20 Å². The molecule has 0 saturated carbocycles. The van der Waals surface area contributed by atoms with Gasteiger partial charge in [-0.15, -0.1) is 0 Å². The molecule has 1 aliphatic rings. The van der Waals surface area contributed by atoms with Gasteiger partial charge in [-0.3, -0.25) is 9.98 Å². The average molecular weight is 228 g/mol. The van der Waals surface area contributed by atoms with E-state index < -0.39 is 0 Å². The number of aliphatic imine (C=N–C) groups is 2. The van der Waals surface area contributed by atoms with Crippen molar-refractivity contribution in [3.63, 3.8) is 0 Å². The molecule has 12 heavy (non-hydrogen) atoms. The smallest absolute Gasteiger partial charge is 0.106 e. The van der Waals surface area contributed by atoms with Crippen LogP contribution in [0.3, 0.4) is 0 Å². The Bertz CT molecular complexity index is 265. The second kappa shape index (κ2) is 4.21. The van der Waals surface area contributed by atoms with Crippen LogP contribution in [0, 0.1) is 0 Å². The second-order valence-corrected chi connectivity index (χ2v) is 3.07. The average Bonchev–Trinajstić information content (AvgIpc) is 2.17. The fourth-order valence-electron chi connectivity index (χ4n) is 0.794. The summed E-state index contributed by atoms with van der Waals surface area (Å²) >= 11 is 3.42. The molecule has 0 aromatic carbocycles. The summed E-state index contributed by atoms with van der Waals surface area (Å²) in [6.45, 7) is 6.12. The van der Waals surface area contributed by atoms with Crippen molar-refractivity contribution in [1.82, 2.24) is 4.90 Å². The second-order valence-electron chi connectivity index (χ2n) is 2.32. The summed E-state index contributed by atoms with van der Waals surface area (Å²) in [4.78, 5) is 9.78. The molecule has 3 nitrogen and oxygen atoms in total. The summed E-state index contributed by atoms with van der Waals surface area (Å²) in [5.41, 5.74) is 0.870. The third-order valence-corrected chi connectivity index (χ3v) is 2.53. The van der Waals surface area contributed by atoms with E-state index in [4.69, 9.17) is 0 Å². The molecule has 0 radical (unpaired) electrons. The Labute approximate surface area is 80.3 Å². The minimum Gasteiger partial charge on any atom is -0.334 e. The summed E-state index contributed by atoms with van der Waals surface area (Å²) in [7, 11) is 0. The van der Waals surface area contributed by atoms with Gasteiger partial charge in [0.15, 0.2) is 0 Å². The Morgan fingerprint density at radius 1 is 1.75 bits per heavy atom. The van der Waals surface area contributed by atoms with E-state index in [0.717, 1.165) is 16.8 Å². The van der Waals surface area contributed by atoms with Crippen molar-refractivity contribution in [2.45, 2.75) is 6.92 Å². The van der Waals surface area contributed by atoms with E-state index in [9.17, 15) is 0 Å². The summed E-state index contributed by atoms with van der Waals surface area (Å²) in [6.07, 6.45) is 5.46. The lowest BCUT2D eigenvalue weighted by molar-refractivity contribution is 0.562. The van der Waals surface area contributed by atoms with Crippen molar-refractivity contribution in [1.29, 1.82) is 0 Å². The van der Waals surface area contributed by atoms with Gasteiger partial charge < -0.3 is 4.90 Å². The van der Waals surface area contributed by atoms with Crippen LogP contribution in [-0.4, -0.2) is 24.4 Å². The lowest BCUT2D eigenvalue weighted by Gasteiger charge is -2.19. The third-order valence-electron chi connectivity index (χ3n) is 1.50. The molecule has 0 N–H and O–H groups in total. The predicted octanol–water partition coefficient (Wildman–Crippen LogP) is 2.13. The lowest BCUT2D eigenvalue weighted by Crippen LogP contribution is -2.18. The number of hydrogen-bond donors (Lipinski definition) is 0. The van der Waals surface area contributed by atoms with Gasteiger partial charge in [0.2, 0.25) is 0 Å². The monoisotopic (exact) mass is 227 g/mol. The summed E-state index contributed by atoms with van der Waals surface area (Å²) in [6, 6.07) is 0. The Morgan fingerprint density at radius 3 is 3.00 bits per heavy atom. The summed E-state index contributed by atoms with van der Waals surface area (Å²) < 4.78 is 0.930. The quantitative estimate of drug-likeness (QED) is 0.525.